The first kappa shape index (κ1) is 12.5. The van der Waals surface area contributed by atoms with E-state index in [-0.39, 0.29) is 6.10 Å². The maximum atomic E-state index is 5.60. The van der Waals surface area contributed by atoms with Gasteiger partial charge in [-0.2, -0.15) is 0 Å². The number of hydrogen-bond donors (Lipinski definition) is 0. The zero-order valence-electron chi connectivity index (χ0n) is 9.53. The molecule has 0 aliphatic heterocycles. The predicted octanol–water partition coefficient (Wildman–Crippen LogP) is 3.44. The highest BCUT2D eigenvalue weighted by atomic mass is 79.9. The SMILES string of the molecule is CC(CBr)Cc1cncc(OC(C)C)c1. The van der Waals surface area contributed by atoms with Crippen molar-refractivity contribution in [3.8, 4) is 5.75 Å². The number of halogens is 1. The maximum Gasteiger partial charge on any atom is 0.138 e. The van der Waals surface area contributed by atoms with Crippen LogP contribution in [0.4, 0.5) is 0 Å². The molecular weight excluding hydrogens is 254 g/mol. The molecule has 1 atom stereocenters. The zero-order valence-corrected chi connectivity index (χ0v) is 11.1. The lowest BCUT2D eigenvalue weighted by Crippen LogP contribution is -2.07. The minimum atomic E-state index is 0.204. The van der Waals surface area contributed by atoms with E-state index < -0.39 is 0 Å². The van der Waals surface area contributed by atoms with Gasteiger partial charge < -0.3 is 4.74 Å². The van der Waals surface area contributed by atoms with Gasteiger partial charge in [-0.1, -0.05) is 22.9 Å². The van der Waals surface area contributed by atoms with E-state index in [9.17, 15) is 0 Å². The summed E-state index contributed by atoms with van der Waals surface area (Å²) in [6.45, 7) is 6.26. The summed E-state index contributed by atoms with van der Waals surface area (Å²) in [4.78, 5) is 4.18. The standard InChI is InChI=1S/C12H18BrNO/c1-9(2)15-12-5-11(7-14-8-12)4-10(3)6-13/h5,7-10H,4,6H2,1-3H3. The number of rotatable bonds is 5. The van der Waals surface area contributed by atoms with E-state index in [0.717, 1.165) is 17.5 Å². The molecule has 3 heteroatoms. The van der Waals surface area contributed by atoms with Crippen LogP contribution in [0, 0.1) is 5.92 Å². The Morgan fingerprint density at radius 3 is 2.67 bits per heavy atom. The van der Waals surface area contributed by atoms with Crippen LogP contribution in [0.3, 0.4) is 0 Å². The third kappa shape index (κ3) is 4.65. The lowest BCUT2D eigenvalue weighted by atomic mass is 10.0. The molecule has 0 aromatic carbocycles. The van der Waals surface area contributed by atoms with E-state index in [2.05, 4.69) is 33.9 Å². The summed E-state index contributed by atoms with van der Waals surface area (Å²) in [7, 11) is 0. The number of alkyl halides is 1. The van der Waals surface area contributed by atoms with Crippen molar-refractivity contribution in [3.05, 3.63) is 24.0 Å². The van der Waals surface area contributed by atoms with Gasteiger partial charge in [0.25, 0.3) is 0 Å². The predicted molar refractivity (Wildman–Crippen MR) is 66.7 cm³/mol. The van der Waals surface area contributed by atoms with Crippen LogP contribution in [0.2, 0.25) is 0 Å². The Labute approximate surface area is 100 Å². The van der Waals surface area contributed by atoms with E-state index in [4.69, 9.17) is 4.74 Å². The summed E-state index contributed by atoms with van der Waals surface area (Å²) in [6.07, 6.45) is 4.91. The molecule has 0 fully saturated rings. The van der Waals surface area contributed by atoms with Gasteiger partial charge in [-0.25, -0.2) is 0 Å². The second-order valence-electron chi connectivity index (χ2n) is 4.16. The summed E-state index contributed by atoms with van der Waals surface area (Å²) in [5.41, 5.74) is 1.24. The molecule has 0 bridgehead atoms. The highest BCUT2D eigenvalue weighted by molar-refractivity contribution is 9.09. The van der Waals surface area contributed by atoms with Crippen LogP contribution < -0.4 is 4.74 Å². The summed E-state index contributed by atoms with van der Waals surface area (Å²) >= 11 is 3.48. The highest BCUT2D eigenvalue weighted by Gasteiger charge is 2.04. The van der Waals surface area contributed by atoms with Crippen LogP contribution in [-0.4, -0.2) is 16.4 Å². The fraction of sp³-hybridized carbons (Fsp3) is 0.583. The first-order valence-corrected chi connectivity index (χ1v) is 6.40. The molecule has 0 amide bonds. The fourth-order valence-electron chi connectivity index (χ4n) is 1.37. The van der Waals surface area contributed by atoms with Gasteiger partial charge in [0.1, 0.15) is 5.75 Å². The molecule has 0 aliphatic carbocycles. The van der Waals surface area contributed by atoms with Crippen molar-refractivity contribution < 1.29 is 4.74 Å². The molecule has 0 spiro atoms. The molecule has 1 aromatic rings. The minimum absolute atomic E-state index is 0.204. The van der Waals surface area contributed by atoms with E-state index >= 15 is 0 Å². The summed E-state index contributed by atoms with van der Waals surface area (Å²) < 4.78 is 5.60. The van der Waals surface area contributed by atoms with Gasteiger partial charge >= 0.3 is 0 Å². The van der Waals surface area contributed by atoms with Gasteiger partial charge in [0.15, 0.2) is 0 Å². The Kier molecular flexibility index (Phi) is 5.09. The molecule has 0 saturated heterocycles. The number of nitrogens with zero attached hydrogens (tertiary/aromatic N) is 1. The molecule has 0 aliphatic rings. The lowest BCUT2D eigenvalue weighted by Gasteiger charge is -2.11. The van der Waals surface area contributed by atoms with Crippen LogP contribution in [0.5, 0.6) is 5.75 Å². The summed E-state index contributed by atoms with van der Waals surface area (Å²) in [5, 5.41) is 1.02. The molecule has 1 unspecified atom stereocenters. The van der Waals surface area contributed by atoms with Gasteiger partial charge in [-0.15, -0.1) is 0 Å². The molecule has 1 rings (SSSR count). The van der Waals surface area contributed by atoms with Crippen LogP contribution in [0.25, 0.3) is 0 Å². The second kappa shape index (κ2) is 6.11. The van der Waals surface area contributed by atoms with Gasteiger partial charge in [-0.3, -0.25) is 4.98 Å². The molecule has 2 nitrogen and oxygen atoms in total. The highest BCUT2D eigenvalue weighted by Crippen LogP contribution is 2.16. The van der Waals surface area contributed by atoms with Crippen molar-refractivity contribution in [1.29, 1.82) is 0 Å². The van der Waals surface area contributed by atoms with Crippen molar-refractivity contribution in [3.63, 3.8) is 0 Å². The van der Waals surface area contributed by atoms with Crippen molar-refractivity contribution in [2.75, 3.05) is 5.33 Å². The molecule has 84 valence electrons. The molecule has 15 heavy (non-hydrogen) atoms. The number of hydrogen-bond acceptors (Lipinski definition) is 2. The normalized spacial score (nSPS) is 12.9. The van der Waals surface area contributed by atoms with E-state index in [1.807, 2.05) is 20.0 Å². The molecular formula is C12H18BrNO. The number of pyridine rings is 1. The maximum absolute atomic E-state index is 5.60. The van der Waals surface area contributed by atoms with E-state index in [0.29, 0.717) is 5.92 Å². The zero-order chi connectivity index (χ0) is 11.3. The Morgan fingerprint density at radius 2 is 2.07 bits per heavy atom. The Hall–Kier alpha value is -0.570. The average Bonchev–Trinajstić information content (AvgIpc) is 2.17. The van der Waals surface area contributed by atoms with Crippen LogP contribution >= 0.6 is 15.9 Å². The quantitative estimate of drug-likeness (QED) is 0.766. The Balaban J connectivity index is 2.65. The van der Waals surface area contributed by atoms with Gasteiger partial charge in [0, 0.05) is 11.5 Å². The van der Waals surface area contributed by atoms with Crippen molar-refractivity contribution in [2.45, 2.75) is 33.3 Å². The molecule has 0 saturated carbocycles. The molecule has 0 N–H and O–H groups in total. The minimum Gasteiger partial charge on any atom is -0.489 e. The number of ether oxygens (including phenoxy) is 1. The van der Waals surface area contributed by atoms with Crippen LogP contribution in [-0.2, 0) is 6.42 Å². The van der Waals surface area contributed by atoms with E-state index in [1.54, 1.807) is 6.20 Å². The first-order valence-electron chi connectivity index (χ1n) is 5.28. The van der Waals surface area contributed by atoms with Crippen LogP contribution in [0.1, 0.15) is 26.3 Å². The smallest absolute Gasteiger partial charge is 0.138 e. The molecule has 0 radical (unpaired) electrons. The monoisotopic (exact) mass is 271 g/mol. The van der Waals surface area contributed by atoms with Crippen molar-refractivity contribution in [1.82, 2.24) is 4.98 Å². The van der Waals surface area contributed by atoms with Crippen molar-refractivity contribution in [2.24, 2.45) is 5.92 Å². The first-order chi connectivity index (χ1) is 7.11. The Morgan fingerprint density at radius 1 is 1.33 bits per heavy atom. The second-order valence-corrected chi connectivity index (χ2v) is 4.81. The van der Waals surface area contributed by atoms with Gasteiger partial charge in [-0.05, 0) is 37.8 Å². The third-order valence-corrected chi connectivity index (χ3v) is 3.09. The van der Waals surface area contributed by atoms with Gasteiger partial charge in [0.05, 0.1) is 12.3 Å². The van der Waals surface area contributed by atoms with Crippen molar-refractivity contribution >= 4 is 15.9 Å². The largest absolute Gasteiger partial charge is 0.489 e. The summed E-state index contributed by atoms with van der Waals surface area (Å²) in [6, 6.07) is 2.08. The third-order valence-electron chi connectivity index (χ3n) is 1.99. The number of aromatic nitrogens is 1. The lowest BCUT2D eigenvalue weighted by molar-refractivity contribution is 0.241. The molecule has 1 aromatic heterocycles. The fourth-order valence-corrected chi connectivity index (χ4v) is 1.60. The van der Waals surface area contributed by atoms with Crippen LogP contribution in [0.15, 0.2) is 18.5 Å². The molecule has 1 heterocycles. The topological polar surface area (TPSA) is 22.1 Å². The summed E-state index contributed by atoms with van der Waals surface area (Å²) in [5.74, 6) is 1.49. The Bertz CT molecular complexity index is 301. The average molecular weight is 272 g/mol. The van der Waals surface area contributed by atoms with Gasteiger partial charge in [0.2, 0.25) is 0 Å². The van der Waals surface area contributed by atoms with E-state index in [1.165, 1.54) is 5.56 Å².